The number of hydrogen-bond donors (Lipinski definition) is 1. The molecule has 0 atom stereocenters. The maximum absolute atomic E-state index is 11.5. The Kier molecular flexibility index (Phi) is 3.75. The van der Waals surface area contributed by atoms with Crippen molar-refractivity contribution in [1.29, 1.82) is 5.26 Å². The van der Waals surface area contributed by atoms with E-state index in [4.69, 9.17) is 10.00 Å². The third-order valence-electron chi connectivity index (χ3n) is 1.95. The second-order valence-corrected chi connectivity index (χ2v) is 3.50. The number of thiol groups is 1. The summed E-state index contributed by atoms with van der Waals surface area (Å²) in [7, 11) is 0. The first kappa shape index (κ1) is 11.6. The van der Waals surface area contributed by atoms with Gasteiger partial charge in [0.2, 0.25) is 0 Å². The van der Waals surface area contributed by atoms with E-state index in [0.29, 0.717) is 22.6 Å². The Morgan fingerprint density at radius 2 is 2.27 bits per heavy atom. The molecule has 0 bridgehead atoms. The van der Waals surface area contributed by atoms with Gasteiger partial charge in [0.25, 0.3) is 0 Å². The van der Waals surface area contributed by atoms with E-state index in [9.17, 15) is 4.79 Å². The molecular formula is C11H11NO2S. The quantitative estimate of drug-likeness (QED) is 0.616. The second kappa shape index (κ2) is 4.85. The lowest BCUT2D eigenvalue weighted by Crippen LogP contribution is -2.07. The van der Waals surface area contributed by atoms with Gasteiger partial charge in [-0.15, -0.1) is 12.6 Å². The highest BCUT2D eigenvalue weighted by molar-refractivity contribution is 7.80. The van der Waals surface area contributed by atoms with Crippen molar-refractivity contribution in [1.82, 2.24) is 0 Å². The van der Waals surface area contributed by atoms with Gasteiger partial charge in [-0.25, -0.2) is 4.79 Å². The fourth-order valence-corrected chi connectivity index (χ4v) is 1.36. The molecule has 1 rings (SSSR count). The van der Waals surface area contributed by atoms with E-state index in [0.717, 1.165) is 5.56 Å². The van der Waals surface area contributed by atoms with Crippen LogP contribution >= 0.6 is 12.6 Å². The Labute approximate surface area is 94.1 Å². The molecule has 1 aromatic rings. The predicted molar refractivity (Wildman–Crippen MR) is 59.1 cm³/mol. The van der Waals surface area contributed by atoms with Crippen LogP contribution in [0.1, 0.15) is 28.4 Å². The van der Waals surface area contributed by atoms with E-state index in [1.54, 1.807) is 19.1 Å². The molecule has 0 aliphatic rings. The summed E-state index contributed by atoms with van der Waals surface area (Å²) in [6.45, 7) is 3.85. The van der Waals surface area contributed by atoms with Gasteiger partial charge in [0, 0.05) is 4.90 Å². The average molecular weight is 221 g/mol. The van der Waals surface area contributed by atoms with Gasteiger partial charge in [-0.05, 0) is 31.5 Å². The maximum atomic E-state index is 11.5. The van der Waals surface area contributed by atoms with E-state index in [1.807, 2.05) is 13.0 Å². The molecule has 15 heavy (non-hydrogen) atoms. The molecular weight excluding hydrogens is 210 g/mol. The number of carbonyl (C=O) groups excluding carboxylic acids is 1. The zero-order chi connectivity index (χ0) is 11.4. The fraction of sp³-hybridized carbons (Fsp3) is 0.273. The number of nitrogens with zero attached hydrogens (tertiary/aromatic N) is 1. The minimum absolute atomic E-state index is 0.295. The fourth-order valence-electron chi connectivity index (χ4n) is 1.17. The highest BCUT2D eigenvalue weighted by Gasteiger charge is 2.13. The second-order valence-electron chi connectivity index (χ2n) is 3.02. The van der Waals surface area contributed by atoms with Crippen molar-refractivity contribution in [3.8, 4) is 6.07 Å². The summed E-state index contributed by atoms with van der Waals surface area (Å²) in [4.78, 5) is 12.2. The minimum Gasteiger partial charge on any atom is -0.462 e. The van der Waals surface area contributed by atoms with Crippen LogP contribution in [0.3, 0.4) is 0 Å². The molecule has 0 amide bonds. The van der Waals surface area contributed by atoms with E-state index >= 15 is 0 Å². The SMILES string of the molecule is CCOC(=O)c1cc(C)c(S)cc1C#N. The van der Waals surface area contributed by atoms with Crippen molar-refractivity contribution >= 4 is 18.6 Å². The van der Waals surface area contributed by atoms with Crippen LogP contribution < -0.4 is 0 Å². The number of nitriles is 1. The van der Waals surface area contributed by atoms with E-state index in [1.165, 1.54) is 0 Å². The summed E-state index contributed by atoms with van der Waals surface area (Å²) in [5.41, 5.74) is 1.44. The Balaban J connectivity index is 3.23. The molecule has 0 aliphatic heterocycles. The summed E-state index contributed by atoms with van der Waals surface area (Å²) < 4.78 is 4.85. The lowest BCUT2D eigenvalue weighted by Gasteiger charge is -2.06. The average Bonchev–Trinajstić information content (AvgIpc) is 2.21. The van der Waals surface area contributed by atoms with Crippen LogP contribution in [0.15, 0.2) is 17.0 Å². The summed E-state index contributed by atoms with van der Waals surface area (Å²) in [6.07, 6.45) is 0. The molecule has 0 saturated heterocycles. The number of esters is 1. The van der Waals surface area contributed by atoms with Gasteiger partial charge in [0.15, 0.2) is 0 Å². The monoisotopic (exact) mass is 221 g/mol. The minimum atomic E-state index is -0.467. The van der Waals surface area contributed by atoms with Gasteiger partial charge in [0.05, 0.1) is 17.7 Å². The van der Waals surface area contributed by atoms with Crippen LogP contribution in [-0.4, -0.2) is 12.6 Å². The summed E-state index contributed by atoms with van der Waals surface area (Å²) >= 11 is 4.19. The number of rotatable bonds is 2. The molecule has 1 aromatic carbocycles. The molecule has 0 spiro atoms. The van der Waals surface area contributed by atoms with Crippen molar-refractivity contribution in [3.05, 3.63) is 28.8 Å². The van der Waals surface area contributed by atoms with Crippen molar-refractivity contribution in [3.63, 3.8) is 0 Å². The molecule has 0 fully saturated rings. The molecule has 0 radical (unpaired) electrons. The van der Waals surface area contributed by atoms with Crippen molar-refractivity contribution < 1.29 is 9.53 Å². The number of ether oxygens (including phenoxy) is 1. The number of carbonyl (C=O) groups is 1. The predicted octanol–water partition coefficient (Wildman–Crippen LogP) is 2.33. The van der Waals surface area contributed by atoms with E-state index in [-0.39, 0.29) is 0 Å². The molecule has 3 nitrogen and oxygen atoms in total. The molecule has 0 N–H and O–H groups in total. The zero-order valence-corrected chi connectivity index (χ0v) is 9.47. The molecule has 0 aromatic heterocycles. The van der Waals surface area contributed by atoms with Crippen LogP contribution in [0, 0.1) is 18.3 Å². The standard InChI is InChI=1S/C11H11NO2S/c1-3-14-11(13)9-4-7(2)10(15)5-8(9)6-12/h4-5,15H,3H2,1-2H3. The molecule has 0 aliphatic carbocycles. The molecule has 0 unspecified atom stereocenters. The number of aryl methyl sites for hydroxylation is 1. The maximum Gasteiger partial charge on any atom is 0.339 e. The Morgan fingerprint density at radius 1 is 1.60 bits per heavy atom. The van der Waals surface area contributed by atoms with Crippen molar-refractivity contribution in [2.24, 2.45) is 0 Å². The van der Waals surface area contributed by atoms with Crippen molar-refractivity contribution in [2.45, 2.75) is 18.7 Å². The highest BCUT2D eigenvalue weighted by Crippen LogP contribution is 2.19. The van der Waals surface area contributed by atoms with E-state index in [2.05, 4.69) is 12.6 Å². The first-order valence-electron chi connectivity index (χ1n) is 4.51. The highest BCUT2D eigenvalue weighted by atomic mass is 32.1. The lowest BCUT2D eigenvalue weighted by atomic mass is 10.1. The van der Waals surface area contributed by atoms with Gasteiger partial charge in [-0.2, -0.15) is 5.26 Å². The van der Waals surface area contributed by atoms with Crippen LogP contribution in [0.25, 0.3) is 0 Å². The van der Waals surface area contributed by atoms with Crippen LogP contribution in [-0.2, 0) is 4.74 Å². The van der Waals surface area contributed by atoms with Crippen LogP contribution in [0.4, 0.5) is 0 Å². The van der Waals surface area contributed by atoms with Gasteiger partial charge < -0.3 is 4.74 Å². The summed E-state index contributed by atoms with van der Waals surface area (Å²) in [5.74, 6) is -0.467. The number of benzene rings is 1. The van der Waals surface area contributed by atoms with E-state index < -0.39 is 5.97 Å². The Hall–Kier alpha value is -1.47. The van der Waals surface area contributed by atoms with Gasteiger partial charge >= 0.3 is 5.97 Å². The Bertz CT molecular complexity index is 435. The topological polar surface area (TPSA) is 50.1 Å². The van der Waals surface area contributed by atoms with Gasteiger partial charge in [-0.1, -0.05) is 0 Å². The van der Waals surface area contributed by atoms with Gasteiger partial charge in [-0.3, -0.25) is 0 Å². The summed E-state index contributed by atoms with van der Waals surface area (Å²) in [5, 5.41) is 8.86. The molecule has 4 heteroatoms. The lowest BCUT2D eigenvalue weighted by molar-refractivity contribution is 0.0526. The third kappa shape index (κ3) is 2.51. The molecule has 78 valence electrons. The third-order valence-corrected chi connectivity index (χ3v) is 2.43. The molecule has 0 saturated carbocycles. The first-order valence-corrected chi connectivity index (χ1v) is 4.95. The first-order chi connectivity index (χ1) is 7.10. The normalized spacial score (nSPS) is 9.47. The van der Waals surface area contributed by atoms with Crippen LogP contribution in [0.2, 0.25) is 0 Å². The Morgan fingerprint density at radius 3 is 2.80 bits per heavy atom. The largest absolute Gasteiger partial charge is 0.462 e. The summed E-state index contributed by atoms with van der Waals surface area (Å²) in [6, 6.07) is 5.15. The molecule has 0 heterocycles. The zero-order valence-electron chi connectivity index (χ0n) is 8.57. The number of hydrogen-bond acceptors (Lipinski definition) is 4. The smallest absolute Gasteiger partial charge is 0.339 e. The van der Waals surface area contributed by atoms with Gasteiger partial charge in [0.1, 0.15) is 6.07 Å². The van der Waals surface area contributed by atoms with Crippen molar-refractivity contribution in [2.75, 3.05) is 6.61 Å². The van der Waals surface area contributed by atoms with Crippen LogP contribution in [0.5, 0.6) is 0 Å².